The Kier molecular flexibility index (Phi) is 5.27. The summed E-state index contributed by atoms with van der Waals surface area (Å²) in [6, 6.07) is 28.8. The van der Waals surface area contributed by atoms with Crippen LogP contribution in [0.1, 0.15) is 41.3 Å². The van der Waals surface area contributed by atoms with Crippen LogP contribution in [0.25, 0.3) is 0 Å². The average molecular weight is 371 g/mol. The molecule has 3 heteroatoms. The van der Waals surface area contributed by atoms with Crippen LogP contribution in [0.2, 0.25) is 0 Å². The molecule has 0 N–H and O–H groups in total. The van der Waals surface area contributed by atoms with E-state index in [4.69, 9.17) is 4.74 Å². The summed E-state index contributed by atoms with van der Waals surface area (Å²) < 4.78 is 5.43. The highest BCUT2D eigenvalue weighted by Gasteiger charge is 2.58. The van der Waals surface area contributed by atoms with Crippen molar-refractivity contribution in [3.8, 4) is 0 Å². The van der Waals surface area contributed by atoms with Gasteiger partial charge in [0, 0.05) is 0 Å². The molecule has 3 atom stereocenters. The van der Waals surface area contributed by atoms with E-state index >= 15 is 0 Å². The molecule has 3 nitrogen and oxygen atoms in total. The largest absolute Gasteiger partial charge is 0.465 e. The fraction of sp³-hybridized carbons (Fsp3) is 0.240. The third-order valence-electron chi connectivity index (χ3n) is 5.42. The van der Waals surface area contributed by atoms with E-state index in [0.29, 0.717) is 6.61 Å². The Hall–Kier alpha value is -2.91. The number of hydrogen-bond donors (Lipinski definition) is 0. The van der Waals surface area contributed by atoms with E-state index < -0.39 is 0 Å². The van der Waals surface area contributed by atoms with Crippen molar-refractivity contribution in [2.75, 3.05) is 6.61 Å². The second-order valence-electron chi connectivity index (χ2n) is 7.17. The molecule has 1 fully saturated rings. The van der Waals surface area contributed by atoms with Gasteiger partial charge >= 0.3 is 5.97 Å². The minimum atomic E-state index is -0.272. The van der Waals surface area contributed by atoms with Gasteiger partial charge in [-0.3, -0.25) is 9.69 Å². The van der Waals surface area contributed by atoms with Crippen molar-refractivity contribution in [3.05, 3.63) is 107 Å². The fourth-order valence-corrected chi connectivity index (χ4v) is 4.10. The maximum atomic E-state index is 12.8. The van der Waals surface area contributed by atoms with Crippen molar-refractivity contribution in [2.45, 2.75) is 32.0 Å². The number of hydrogen-bond acceptors (Lipinski definition) is 3. The van der Waals surface area contributed by atoms with Gasteiger partial charge in [-0.15, -0.1) is 0 Å². The van der Waals surface area contributed by atoms with Gasteiger partial charge < -0.3 is 4.74 Å². The van der Waals surface area contributed by atoms with Crippen LogP contribution in [0.15, 0.2) is 84.9 Å². The van der Waals surface area contributed by atoms with Crippen LogP contribution in [0.5, 0.6) is 0 Å². The quantitative estimate of drug-likeness (QED) is 0.447. The van der Waals surface area contributed by atoms with Gasteiger partial charge in [-0.25, -0.2) is 0 Å². The zero-order chi connectivity index (χ0) is 19.5. The predicted molar refractivity (Wildman–Crippen MR) is 111 cm³/mol. The molecule has 0 aromatic heterocycles. The van der Waals surface area contributed by atoms with Gasteiger partial charge in [0.2, 0.25) is 0 Å². The highest BCUT2D eigenvalue weighted by Crippen LogP contribution is 2.52. The molecule has 0 amide bonds. The zero-order valence-electron chi connectivity index (χ0n) is 16.3. The van der Waals surface area contributed by atoms with E-state index in [9.17, 15) is 4.79 Å². The molecule has 1 aliphatic heterocycles. The second kappa shape index (κ2) is 7.99. The normalized spacial score (nSPS) is 20.8. The summed E-state index contributed by atoms with van der Waals surface area (Å²) in [4.78, 5) is 15.1. The molecule has 0 bridgehead atoms. The Bertz CT molecular complexity index is 900. The number of carbonyl (C=O) groups excluding carboxylic acids is 1. The highest BCUT2D eigenvalue weighted by molar-refractivity contribution is 5.81. The van der Waals surface area contributed by atoms with Gasteiger partial charge in [0.1, 0.15) is 6.04 Å². The molecule has 0 radical (unpaired) electrons. The summed E-state index contributed by atoms with van der Waals surface area (Å²) in [5, 5.41) is 0. The van der Waals surface area contributed by atoms with Crippen LogP contribution >= 0.6 is 0 Å². The van der Waals surface area contributed by atoms with Crippen LogP contribution < -0.4 is 0 Å². The Morgan fingerprint density at radius 3 is 1.96 bits per heavy atom. The molecule has 3 aromatic rings. The van der Waals surface area contributed by atoms with Gasteiger partial charge in [-0.1, -0.05) is 84.9 Å². The lowest BCUT2D eigenvalue weighted by Crippen LogP contribution is -2.20. The van der Waals surface area contributed by atoms with Crippen LogP contribution in [0.4, 0.5) is 0 Å². The smallest absolute Gasteiger partial charge is 0.325 e. The van der Waals surface area contributed by atoms with Gasteiger partial charge in [0.05, 0.1) is 18.7 Å². The summed E-state index contributed by atoms with van der Waals surface area (Å²) in [5.41, 5.74) is 4.75. The number of benzene rings is 3. The number of ether oxygens (including phenoxy) is 1. The monoisotopic (exact) mass is 371 g/mol. The van der Waals surface area contributed by atoms with Gasteiger partial charge in [-0.05, 0) is 36.1 Å². The Morgan fingerprint density at radius 1 is 0.893 bits per heavy atom. The standard InChI is InChI=1S/C25H25NO2/c1-3-28-25(27)24-23(21-17-11-10-12-18(21)2)26(24)22(19-13-6-4-7-14-19)20-15-8-5-9-16-20/h4-17,22-24H,3H2,1-2H3/t23-,24-,26?/m0/s1. The lowest BCUT2D eigenvalue weighted by atomic mass is 9.98. The maximum Gasteiger partial charge on any atom is 0.325 e. The first-order valence-electron chi connectivity index (χ1n) is 9.82. The summed E-state index contributed by atoms with van der Waals surface area (Å²) in [7, 11) is 0. The van der Waals surface area contributed by atoms with Crippen molar-refractivity contribution in [3.63, 3.8) is 0 Å². The summed E-state index contributed by atoms with van der Waals surface area (Å²) in [6.07, 6.45) is 0. The van der Waals surface area contributed by atoms with E-state index in [1.165, 1.54) is 22.3 Å². The molecule has 4 rings (SSSR count). The SMILES string of the molecule is CCOC(=O)[C@@H]1[C@H](c2ccccc2C)N1C(c1ccccc1)c1ccccc1. The number of esters is 1. The van der Waals surface area contributed by atoms with Crippen LogP contribution in [-0.4, -0.2) is 23.5 Å². The lowest BCUT2D eigenvalue weighted by molar-refractivity contribution is -0.143. The van der Waals surface area contributed by atoms with E-state index in [-0.39, 0.29) is 24.1 Å². The number of nitrogens with zero attached hydrogens (tertiary/aromatic N) is 1. The molecule has 1 heterocycles. The number of aryl methyl sites for hydroxylation is 1. The molecule has 1 saturated heterocycles. The molecule has 0 saturated carbocycles. The first kappa shape index (κ1) is 18.5. The lowest BCUT2D eigenvalue weighted by Gasteiger charge is -2.21. The minimum absolute atomic E-state index is 0.00131. The Balaban J connectivity index is 1.79. The molecule has 0 spiro atoms. The van der Waals surface area contributed by atoms with Crippen LogP contribution in [0.3, 0.4) is 0 Å². The predicted octanol–water partition coefficient (Wildman–Crippen LogP) is 5.07. The third kappa shape index (κ3) is 3.46. The molecular formula is C25H25NO2. The summed E-state index contributed by atoms with van der Waals surface area (Å²) >= 11 is 0. The molecule has 3 aromatic carbocycles. The molecule has 28 heavy (non-hydrogen) atoms. The van der Waals surface area contributed by atoms with Crippen molar-refractivity contribution in [1.29, 1.82) is 0 Å². The number of carbonyl (C=O) groups is 1. The molecule has 0 aliphatic carbocycles. The first-order valence-corrected chi connectivity index (χ1v) is 9.82. The number of rotatable bonds is 6. The minimum Gasteiger partial charge on any atom is -0.465 e. The van der Waals surface area contributed by atoms with Crippen molar-refractivity contribution in [1.82, 2.24) is 4.90 Å². The Labute approximate surface area is 166 Å². The van der Waals surface area contributed by atoms with Crippen LogP contribution in [0, 0.1) is 6.92 Å². The van der Waals surface area contributed by atoms with Crippen molar-refractivity contribution >= 4 is 5.97 Å². The molecule has 142 valence electrons. The third-order valence-corrected chi connectivity index (χ3v) is 5.42. The van der Waals surface area contributed by atoms with E-state index in [2.05, 4.69) is 72.5 Å². The first-order chi connectivity index (χ1) is 13.7. The van der Waals surface area contributed by atoms with E-state index in [0.717, 1.165) is 0 Å². The molecule has 1 aliphatic rings. The van der Waals surface area contributed by atoms with Gasteiger partial charge in [0.15, 0.2) is 0 Å². The summed E-state index contributed by atoms with van der Waals surface area (Å²) in [6.45, 7) is 4.36. The zero-order valence-corrected chi connectivity index (χ0v) is 16.3. The fourth-order valence-electron chi connectivity index (χ4n) is 4.10. The van der Waals surface area contributed by atoms with Gasteiger partial charge in [-0.2, -0.15) is 0 Å². The topological polar surface area (TPSA) is 29.3 Å². The maximum absolute atomic E-state index is 12.8. The Morgan fingerprint density at radius 2 is 1.43 bits per heavy atom. The molecule has 1 unspecified atom stereocenters. The second-order valence-corrected chi connectivity index (χ2v) is 7.17. The highest BCUT2D eigenvalue weighted by atomic mass is 16.5. The van der Waals surface area contributed by atoms with Gasteiger partial charge in [0.25, 0.3) is 0 Å². The van der Waals surface area contributed by atoms with Crippen LogP contribution in [-0.2, 0) is 9.53 Å². The van der Waals surface area contributed by atoms with E-state index in [1.54, 1.807) is 0 Å². The average Bonchev–Trinajstić information content (AvgIpc) is 3.45. The summed E-state index contributed by atoms with van der Waals surface area (Å²) in [5.74, 6) is -0.146. The van der Waals surface area contributed by atoms with E-state index in [1.807, 2.05) is 31.2 Å². The molecular weight excluding hydrogens is 346 g/mol. The van der Waals surface area contributed by atoms with Crippen molar-refractivity contribution in [2.24, 2.45) is 0 Å². The van der Waals surface area contributed by atoms with Crippen molar-refractivity contribution < 1.29 is 9.53 Å².